The summed E-state index contributed by atoms with van der Waals surface area (Å²) in [6.45, 7) is 0.938. The number of fused-ring (bicyclic) bond motifs is 4. The number of ether oxygens (including phenoxy) is 2. The molecule has 0 saturated carbocycles. The monoisotopic (exact) mass is 404 g/mol. The number of pyridine rings is 1. The Bertz CT molecular complexity index is 1270. The number of nitrogens with zero attached hydrogens (tertiary/aromatic N) is 3. The van der Waals surface area contributed by atoms with Gasteiger partial charge in [-0.05, 0) is 23.8 Å². The quantitative estimate of drug-likeness (QED) is 0.704. The molecule has 0 bridgehead atoms. The summed E-state index contributed by atoms with van der Waals surface area (Å²) in [5, 5.41) is 9.71. The maximum absolute atomic E-state index is 14.9. The molecule has 2 aliphatic heterocycles. The lowest BCUT2D eigenvalue weighted by Gasteiger charge is -2.24. The van der Waals surface area contributed by atoms with E-state index in [1.165, 1.54) is 17.0 Å². The number of hydrogen-bond acceptors (Lipinski definition) is 6. The average molecular weight is 404 g/mol. The number of hydrogen-bond donors (Lipinski definition) is 1. The van der Waals surface area contributed by atoms with E-state index in [1.807, 2.05) is 0 Å². The largest absolute Gasteiger partial charge is 0.491 e. The van der Waals surface area contributed by atoms with Crippen LogP contribution in [0.25, 0.3) is 10.9 Å². The Morgan fingerprint density at radius 1 is 1.30 bits per heavy atom. The fraction of sp³-hybridized carbons (Fsp3) is 0.227. The Balaban J connectivity index is 1.54. The summed E-state index contributed by atoms with van der Waals surface area (Å²) in [6.07, 6.45) is 0. The predicted octanol–water partition coefficient (Wildman–Crippen LogP) is 3.06. The fourth-order valence-corrected chi connectivity index (χ4v) is 4.07. The highest BCUT2D eigenvalue weighted by atomic mass is 19.1. The molecule has 8 heteroatoms. The third kappa shape index (κ3) is 2.67. The van der Waals surface area contributed by atoms with Crippen molar-refractivity contribution in [1.29, 1.82) is 5.26 Å². The van der Waals surface area contributed by atoms with E-state index in [2.05, 4.69) is 11.1 Å². The Morgan fingerprint density at radius 3 is 2.90 bits per heavy atom. The molecule has 0 aliphatic carbocycles. The highest BCUT2D eigenvalue weighted by molar-refractivity contribution is 5.99. The molecule has 3 aromatic rings. The molecular weight excluding hydrogens is 387 g/mol. The summed E-state index contributed by atoms with van der Waals surface area (Å²) in [5.41, 5.74) is 9.20. The topological polar surface area (TPSA) is 101 Å². The Kier molecular flexibility index (Phi) is 4.08. The molecule has 30 heavy (non-hydrogen) atoms. The number of likely N-dealkylation sites (N-methyl/N-ethyl adjacent to an activating group) is 1. The van der Waals surface area contributed by atoms with Gasteiger partial charge in [-0.15, -0.1) is 0 Å². The molecular formula is C22H17FN4O3. The van der Waals surface area contributed by atoms with Gasteiger partial charge in [0.05, 0.1) is 42.0 Å². The number of halogens is 1. The minimum atomic E-state index is -0.663. The molecule has 1 amide bonds. The number of carbonyl (C=O) groups excluding carboxylic acids is 1. The lowest BCUT2D eigenvalue weighted by molar-refractivity contribution is 0.0704. The summed E-state index contributed by atoms with van der Waals surface area (Å²) in [4.78, 5) is 18.9. The standard InChI is InChI=1S/C22H17FN4O3/c1-27(19-10-30-20-4-11(7-24)2-3-12(19)20)22(28)14-5-13-15-8-29-9-16(15)21(25)26-18(13)6-17(14)23/h2-6,19H,8-10H2,1H3,(H2,25,26)/t19-/m1/s1. The zero-order valence-corrected chi connectivity index (χ0v) is 16.1. The summed E-state index contributed by atoms with van der Waals surface area (Å²) >= 11 is 0. The van der Waals surface area contributed by atoms with Crippen molar-refractivity contribution >= 4 is 22.6 Å². The maximum atomic E-state index is 14.9. The molecule has 0 fully saturated rings. The summed E-state index contributed by atoms with van der Waals surface area (Å²) in [6, 6.07) is 9.53. The van der Waals surface area contributed by atoms with Gasteiger partial charge in [0.1, 0.15) is 24.0 Å². The number of anilines is 1. The van der Waals surface area contributed by atoms with Crippen molar-refractivity contribution < 1.29 is 18.7 Å². The number of nitriles is 1. The van der Waals surface area contributed by atoms with Crippen molar-refractivity contribution in [3.8, 4) is 11.8 Å². The van der Waals surface area contributed by atoms with Gasteiger partial charge in [-0.3, -0.25) is 4.79 Å². The number of rotatable bonds is 2. The number of carbonyl (C=O) groups is 1. The van der Waals surface area contributed by atoms with Gasteiger partial charge in [-0.25, -0.2) is 9.37 Å². The van der Waals surface area contributed by atoms with Crippen LogP contribution in [0.3, 0.4) is 0 Å². The third-order valence-electron chi connectivity index (χ3n) is 5.73. The van der Waals surface area contributed by atoms with E-state index >= 15 is 0 Å². The highest BCUT2D eigenvalue weighted by Gasteiger charge is 2.32. The van der Waals surface area contributed by atoms with Crippen LogP contribution in [0.2, 0.25) is 0 Å². The minimum absolute atomic E-state index is 0.0484. The zero-order valence-electron chi connectivity index (χ0n) is 16.1. The van der Waals surface area contributed by atoms with E-state index in [0.29, 0.717) is 41.2 Å². The van der Waals surface area contributed by atoms with Crippen molar-refractivity contribution in [2.75, 3.05) is 19.4 Å². The molecule has 2 N–H and O–H groups in total. The van der Waals surface area contributed by atoms with Crippen LogP contribution in [0.15, 0.2) is 30.3 Å². The van der Waals surface area contributed by atoms with Gasteiger partial charge < -0.3 is 20.1 Å². The second kappa shape index (κ2) is 6.68. The normalized spacial score (nSPS) is 16.6. The van der Waals surface area contributed by atoms with Crippen LogP contribution in [0, 0.1) is 17.1 Å². The first-order valence-electron chi connectivity index (χ1n) is 9.40. The van der Waals surface area contributed by atoms with Gasteiger partial charge in [0.2, 0.25) is 0 Å². The number of aromatic nitrogens is 1. The molecule has 0 saturated heterocycles. The van der Waals surface area contributed by atoms with Gasteiger partial charge in [-0.2, -0.15) is 5.26 Å². The van der Waals surface area contributed by atoms with E-state index < -0.39 is 11.7 Å². The number of benzene rings is 2. The minimum Gasteiger partial charge on any atom is -0.491 e. The molecule has 0 unspecified atom stereocenters. The van der Waals surface area contributed by atoms with Crippen molar-refractivity contribution in [1.82, 2.24) is 9.88 Å². The van der Waals surface area contributed by atoms with E-state index in [-0.39, 0.29) is 18.2 Å². The van der Waals surface area contributed by atoms with E-state index in [0.717, 1.165) is 16.7 Å². The fourth-order valence-electron chi connectivity index (χ4n) is 4.07. The van der Waals surface area contributed by atoms with E-state index in [1.54, 1.807) is 25.2 Å². The Morgan fingerprint density at radius 2 is 2.10 bits per heavy atom. The lowest BCUT2D eigenvalue weighted by Crippen LogP contribution is -2.32. The summed E-state index contributed by atoms with van der Waals surface area (Å²) < 4.78 is 26.0. The predicted molar refractivity (Wildman–Crippen MR) is 106 cm³/mol. The SMILES string of the molecule is CN(C(=O)c1cc2c3c(c(N)nc2cc1F)COC3)[C@@H]1COc2cc(C#N)ccc21. The van der Waals surface area contributed by atoms with Gasteiger partial charge in [0, 0.05) is 29.6 Å². The van der Waals surface area contributed by atoms with Gasteiger partial charge >= 0.3 is 0 Å². The zero-order chi connectivity index (χ0) is 21.0. The van der Waals surface area contributed by atoms with Crippen molar-refractivity contribution in [2.24, 2.45) is 0 Å². The van der Waals surface area contributed by atoms with Crippen LogP contribution in [-0.2, 0) is 18.0 Å². The second-order valence-corrected chi connectivity index (χ2v) is 7.40. The molecule has 1 aromatic heterocycles. The van der Waals surface area contributed by atoms with Gasteiger partial charge in [0.15, 0.2) is 0 Å². The van der Waals surface area contributed by atoms with Crippen LogP contribution in [0.4, 0.5) is 10.2 Å². The summed E-state index contributed by atoms with van der Waals surface area (Å²) in [7, 11) is 1.61. The van der Waals surface area contributed by atoms with Gasteiger partial charge in [0.25, 0.3) is 5.91 Å². The molecule has 1 atom stereocenters. The van der Waals surface area contributed by atoms with E-state index in [9.17, 15) is 9.18 Å². The third-order valence-corrected chi connectivity index (χ3v) is 5.73. The summed E-state index contributed by atoms with van der Waals surface area (Å²) in [5.74, 6) is -0.247. The van der Waals surface area contributed by atoms with Crippen molar-refractivity contribution in [2.45, 2.75) is 19.3 Å². The first-order chi connectivity index (χ1) is 14.5. The van der Waals surface area contributed by atoms with Crippen LogP contribution in [-0.4, -0.2) is 29.4 Å². The smallest absolute Gasteiger partial charge is 0.257 e. The van der Waals surface area contributed by atoms with Crippen molar-refractivity contribution in [3.05, 3.63) is 64.0 Å². The molecule has 0 radical (unpaired) electrons. The van der Waals surface area contributed by atoms with Crippen LogP contribution in [0.5, 0.6) is 5.75 Å². The van der Waals surface area contributed by atoms with Crippen LogP contribution in [0.1, 0.15) is 38.7 Å². The molecule has 150 valence electrons. The molecule has 7 nitrogen and oxygen atoms in total. The highest BCUT2D eigenvalue weighted by Crippen LogP contribution is 2.37. The number of nitrogen functional groups attached to an aromatic ring is 1. The average Bonchev–Trinajstić information content (AvgIpc) is 3.39. The molecule has 3 heterocycles. The Labute approximate surface area is 171 Å². The molecule has 2 aliphatic rings. The molecule has 5 rings (SSSR count). The maximum Gasteiger partial charge on any atom is 0.257 e. The van der Waals surface area contributed by atoms with E-state index in [4.69, 9.17) is 20.5 Å². The first kappa shape index (κ1) is 18.3. The number of amides is 1. The van der Waals surface area contributed by atoms with Crippen molar-refractivity contribution in [3.63, 3.8) is 0 Å². The molecule has 0 spiro atoms. The second-order valence-electron chi connectivity index (χ2n) is 7.40. The number of nitrogens with two attached hydrogens (primary N) is 1. The Hall–Kier alpha value is -3.70. The molecule has 2 aromatic carbocycles. The first-order valence-corrected chi connectivity index (χ1v) is 9.40. The van der Waals surface area contributed by atoms with Crippen LogP contribution < -0.4 is 10.5 Å². The van der Waals surface area contributed by atoms with Crippen LogP contribution >= 0.6 is 0 Å². The van der Waals surface area contributed by atoms with Gasteiger partial charge in [-0.1, -0.05) is 6.07 Å². The lowest BCUT2D eigenvalue weighted by atomic mass is 10.0.